The summed E-state index contributed by atoms with van der Waals surface area (Å²) < 4.78 is 0. The van der Waals surface area contributed by atoms with Gasteiger partial charge >= 0.3 is 12.0 Å². The number of urea groups is 1. The van der Waals surface area contributed by atoms with Gasteiger partial charge in [0, 0.05) is 26.1 Å². The number of carboxylic acid groups (broad SMARTS) is 1. The van der Waals surface area contributed by atoms with Crippen LogP contribution in [0.4, 0.5) is 4.79 Å². The van der Waals surface area contributed by atoms with Crippen molar-refractivity contribution in [2.75, 3.05) is 13.6 Å². The zero-order valence-corrected chi connectivity index (χ0v) is 12.1. The van der Waals surface area contributed by atoms with Gasteiger partial charge in [0.1, 0.15) is 0 Å². The Hall–Kier alpha value is -1.26. The summed E-state index contributed by atoms with van der Waals surface area (Å²) in [5.74, 6) is -0.792. The highest BCUT2D eigenvalue weighted by Crippen LogP contribution is 2.22. The molecule has 0 aliphatic carbocycles. The van der Waals surface area contributed by atoms with Gasteiger partial charge < -0.3 is 15.3 Å². The van der Waals surface area contributed by atoms with Gasteiger partial charge in [0.2, 0.25) is 0 Å². The predicted molar refractivity (Wildman–Crippen MR) is 71.6 cm³/mol. The van der Waals surface area contributed by atoms with E-state index in [0.29, 0.717) is 19.4 Å². The van der Waals surface area contributed by atoms with Crippen LogP contribution in [0.2, 0.25) is 0 Å². The molecule has 5 nitrogen and oxygen atoms in total. The first-order valence-corrected chi connectivity index (χ1v) is 6.38. The number of hydrogen-bond donors (Lipinski definition) is 2. The molecule has 0 fully saturated rings. The van der Waals surface area contributed by atoms with Gasteiger partial charge in [-0.1, -0.05) is 20.8 Å². The number of aliphatic carboxylic acids is 1. The lowest BCUT2D eigenvalue weighted by molar-refractivity contribution is -0.137. The number of carbonyl (C=O) groups excluding carboxylic acids is 1. The molecule has 0 saturated carbocycles. The highest BCUT2D eigenvalue weighted by Gasteiger charge is 2.26. The Kier molecular flexibility index (Phi) is 6.73. The fourth-order valence-corrected chi connectivity index (χ4v) is 1.48. The Morgan fingerprint density at radius 2 is 1.83 bits per heavy atom. The molecule has 0 aromatic rings. The van der Waals surface area contributed by atoms with Crippen LogP contribution in [-0.4, -0.2) is 41.6 Å². The molecular formula is C13H26N2O3. The van der Waals surface area contributed by atoms with E-state index in [1.807, 2.05) is 6.92 Å². The fourth-order valence-electron chi connectivity index (χ4n) is 1.48. The molecule has 1 unspecified atom stereocenters. The molecule has 0 rings (SSSR count). The lowest BCUT2D eigenvalue weighted by Gasteiger charge is -2.35. The average Bonchev–Trinajstić information content (AvgIpc) is 2.24. The van der Waals surface area contributed by atoms with Crippen molar-refractivity contribution in [3.63, 3.8) is 0 Å². The molecule has 0 aromatic carbocycles. The van der Waals surface area contributed by atoms with Crippen molar-refractivity contribution in [3.8, 4) is 0 Å². The van der Waals surface area contributed by atoms with Crippen LogP contribution in [0.3, 0.4) is 0 Å². The third kappa shape index (κ3) is 6.47. The summed E-state index contributed by atoms with van der Waals surface area (Å²) in [5, 5.41) is 11.3. The predicted octanol–water partition coefficient (Wildman–Crippen LogP) is 2.32. The molecule has 0 saturated heterocycles. The summed E-state index contributed by atoms with van der Waals surface area (Å²) in [4.78, 5) is 23.8. The summed E-state index contributed by atoms with van der Waals surface area (Å²) in [6, 6.07) is 0.0317. The van der Waals surface area contributed by atoms with Crippen LogP contribution in [0.1, 0.15) is 47.0 Å². The first-order valence-electron chi connectivity index (χ1n) is 6.38. The molecule has 0 aliphatic rings. The summed E-state index contributed by atoms with van der Waals surface area (Å²) >= 11 is 0. The van der Waals surface area contributed by atoms with E-state index >= 15 is 0 Å². The Bertz CT molecular complexity index is 284. The molecule has 0 spiro atoms. The van der Waals surface area contributed by atoms with Gasteiger partial charge in [-0.25, -0.2) is 4.79 Å². The average molecular weight is 258 g/mol. The summed E-state index contributed by atoms with van der Waals surface area (Å²) in [5.41, 5.74) is 0.0371. The van der Waals surface area contributed by atoms with Crippen LogP contribution in [0, 0.1) is 5.41 Å². The maximum absolute atomic E-state index is 11.8. The third-order valence-corrected chi connectivity index (χ3v) is 3.25. The standard InChI is InChI=1S/C13H26N2O3/c1-10(13(2,3)4)15(5)12(18)14-9-7-6-8-11(16)17/h10H,6-9H2,1-5H3,(H,14,18)(H,16,17). The van der Waals surface area contributed by atoms with E-state index in [-0.39, 0.29) is 23.9 Å². The van der Waals surface area contributed by atoms with Crippen LogP contribution in [0.15, 0.2) is 0 Å². The van der Waals surface area contributed by atoms with E-state index < -0.39 is 5.97 Å². The molecule has 0 aliphatic heterocycles. The zero-order chi connectivity index (χ0) is 14.3. The third-order valence-electron chi connectivity index (χ3n) is 3.25. The molecule has 0 aromatic heterocycles. The first kappa shape index (κ1) is 16.7. The van der Waals surface area contributed by atoms with Crippen molar-refractivity contribution in [3.05, 3.63) is 0 Å². The molecule has 2 N–H and O–H groups in total. The van der Waals surface area contributed by atoms with E-state index in [2.05, 4.69) is 26.1 Å². The van der Waals surface area contributed by atoms with Gasteiger partial charge in [-0.3, -0.25) is 4.79 Å². The van der Waals surface area contributed by atoms with Crippen LogP contribution >= 0.6 is 0 Å². The number of hydrogen-bond acceptors (Lipinski definition) is 2. The molecular weight excluding hydrogens is 232 g/mol. The molecule has 5 heteroatoms. The molecule has 0 bridgehead atoms. The molecule has 18 heavy (non-hydrogen) atoms. The topological polar surface area (TPSA) is 69.6 Å². The minimum absolute atomic E-state index is 0.0371. The lowest BCUT2D eigenvalue weighted by Crippen LogP contribution is -2.47. The van der Waals surface area contributed by atoms with Crippen molar-refractivity contribution in [1.29, 1.82) is 0 Å². The maximum Gasteiger partial charge on any atom is 0.317 e. The van der Waals surface area contributed by atoms with Gasteiger partial charge in [-0.05, 0) is 25.2 Å². The smallest absolute Gasteiger partial charge is 0.317 e. The Labute approximate surface area is 110 Å². The zero-order valence-electron chi connectivity index (χ0n) is 12.1. The fraction of sp³-hybridized carbons (Fsp3) is 0.846. The Morgan fingerprint density at radius 1 is 1.28 bits per heavy atom. The minimum atomic E-state index is -0.792. The van der Waals surface area contributed by atoms with Crippen molar-refractivity contribution in [2.45, 2.75) is 53.0 Å². The largest absolute Gasteiger partial charge is 0.481 e. The number of nitrogens with one attached hydrogen (secondary N) is 1. The Balaban J connectivity index is 3.92. The van der Waals surface area contributed by atoms with Gasteiger partial charge in [0.15, 0.2) is 0 Å². The highest BCUT2D eigenvalue weighted by atomic mass is 16.4. The van der Waals surface area contributed by atoms with Crippen molar-refractivity contribution >= 4 is 12.0 Å². The molecule has 1 atom stereocenters. The monoisotopic (exact) mass is 258 g/mol. The minimum Gasteiger partial charge on any atom is -0.481 e. The van der Waals surface area contributed by atoms with E-state index in [4.69, 9.17) is 5.11 Å². The van der Waals surface area contributed by atoms with Gasteiger partial charge in [-0.2, -0.15) is 0 Å². The molecule has 2 amide bonds. The number of nitrogens with zero attached hydrogens (tertiary/aromatic N) is 1. The van der Waals surface area contributed by atoms with E-state index in [0.717, 1.165) is 0 Å². The summed E-state index contributed by atoms with van der Waals surface area (Å²) in [7, 11) is 1.78. The SMILES string of the molecule is CC(N(C)C(=O)NCCCCC(=O)O)C(C)(C)C. The number of carboxylic acids is 1. The van der Waals surface area contributed by atoms with Crippen molar-refractivity contribution in [1.82, 2.24) is 10.2 Å². The number of carbonyl (C=O) groups is 2. The van der Waals surface area contributed by atoms with Crippen LogP contribution in [0.5, 0.6) is 0 Å². The molecule has 0 radical (unpaired) electrons. The van der Waals surface area contributed by atoms with E-state index in [1.54, 1.807) is 11.9 Å². The van der Waals surface area contributed by atoms with Crippen LogP contribution in [0.25, 0.3) is 0 Å². The highest BCUT2D eigenvalue weighted by molar-refractivity contribution is 5.74. The maximum atomic E-state index is 11.8. The van der Waals surface area contributed by atoms with Crippen molar-refractivity contribution in [2.24, 2.45) is 5.41 Å². The van der Waals surface area contributed by atoms with Crippen LogP contribution in [-0.2, 0) is 4.79 Å². The molecule has 0 heterocycles. The summed E-state index contributed by atoms with van der Waals surface area (Å²) in [6.07, 6.45) is 1.44. The van der Waals surface area contributed by atoms with Gasteiger partial charge in [0.25, 0.3) is 0 Å². The van der Waals surface area contributed by atoms with E-state index in [9.17, 15) is 9.59 Å². The van der Waals surface area contributed by atoms with Crippen molar-refractivity contribution < 1.29 is 14.7 Å². The summed E-state index contributed by atoms with van der Waals surface area (Å²) in [6.45, 7) is 8.81. The number of unbranched alkanes of at least 4 members (excludes halogenated alkanes) is 1. The Morgan fingerprint density at radius 3 is 2.28 bits per heavy atom. The second-order valence-electron chi connectivity index (χ2n) is 5.74. The quantitative estimate of drug-likeness (QED) is 0.718. The lowest BCUT2D eigenvalue weighted by atomic mass is 9.87. The van der Waals surface area contributed by atoms with E-state index in [1.165, 1.54) is 0 Å². The van der Waals surface area contributed by atoms with Gasteiger partial charge in [-0.15, -0.1) is 0 Å². The molecule has 106 valence electrons. The first-order chi connectivity index (χ1) is 8.16. The normalized spacial score (nSPS) is 12.9. The van der Waals surface area contributed by atoms with Gasteiger partial charge in [0.05, 0.1) is 0 Å². The number of amides is 2. The second kappa shape index (κ2) is 7.24. The second-order valence-corrected chi connectivity index (χ2v) is 5.74. The number of rotatable bonds is 6. The van der Waals surface area contributed by atoms with Crippen LogP contribution < -0.4 is 5.32 Å².